The molecular formula is C6H15NO. The van der Waals surface area contributed by atoms with Crippen LogP contribution in [0.3, 0.4) is 0 Å². The lowest BCUT2D eigenvalue weighted by Crippen LogP contribution is -2.34. The zero-order valence-electron chi connectivity index (χ0n) is 6.05. The van der Waals surface area contributed by atoms with Crippen LogP contribution in [0.15, 0.2) is 0 Å². The van der Waals surface area contributed by atoms with Gasteiger partial charge in [-0.15, -0.1) is 0 Å². The van der Waals surface area contributed by atoms with Gasteiger partial charge >= 0.3 is 0 Å². The molecule has 8 heavy (non-hydrogen) atoms. The topological polar surface area (TPSA) is 23.5 Å². The summed E-state index contributed by atoms with van der Waals surface area (Å²) in [5.41, 5.74) is 0. The first kappa shape index (κ1) is 7.92. The summed E-state index contributed by atoms with van der Waals surface area (Å²) in [5.74, 6) is 0. The van der Waals surface area contributed by atoms with E-state index in [-0.39, 0.29) is 12.1 Å². The van der Waals surface area contributed by atoms with Crippen LogP contribution in [-0.2, 0) is 0 Å². The Morgan fingerprint density at radius 2 is 1.62 bits per heavy atom. The fourth-order valence-electron chi connectivity index (χ4n) is 0.431. The van der Waals surface area contributed by atoms with Gasteiger partial charge in [0.2, 0.25) is 0 Å². The third kappa shape index (κ3) is 2.28. The molecule has 0 radical (unpaired) electrons. The lowest BCUT2D eigenvalue weighted by atomic mass is 10.2. The van der Waals surface area contributed by atoms with E-state index < -0.39 is 0 Å². The van der Waals surface area contributed by atoms with Crippen molar-refractivity contribution in [3.8, 4) is 0 Å². The van der Waals surface area contributed by atoms with Crippen LogP contribution in [-0.4, -0.2) is 36.2 Å². The van der Waals surface area contributed by atoms with Gasteiger partial charge in [-0.3, -0.25) is 0 Å². The molecule has 0 heterocycles. The fraction of sp³-hybridized carbons (Fsp3) is 1.00. The number of likely N-dealkylation sites (N-methyl/N-ethyl adjacent to an activating group) is 1. The quantitative estimate of drug-likeness (QED) is 0.563. The average molecular weight is 117 g/mol. The monoisotopic (exact) mass is 117 g/mol. The molecule has 1 N–H and O–H groups in total. The van der Waals surface area contributed by atoms with Crippen molar-refractivity contribution in [3.63, 3.8) is 0 Å². The molecule has 0 aliphatic heterocycles. The normalized spacial score (nSPS) is 18.8. The summed E-state index contributed by atoms with van der Waals surface area (Å²) < 4.78 is 0. The van der Waals surface area contributed by atoms with Crippen molar-refractivity contribution in [2.75, 3.05) is 14.1 Å². The zero-order valence-corrected chi connectivity index (χ0v) is 6.05. The predicted octanol–water partition coefficient (Wildman–Crippen LogP) is 0.317. The van der Waals surface area contributed by atoms with E-state index in [1.54, 1.807) is 6.92 Å². The van der Waals surface area contributed by atoms with E-state index in [4.69, 9.17) is 5.11 Å². The van der Waals surface area contributed by atoms with Gasteiger partial charge in [-0.25, -0.2) is 0 Å². The van der Waals surface area contributed by atoms with Gasteiger partial charge in [0.25, 0.3) is 0 Å². The first-order valence-corrected chi connectivity index (χ1v) is 2.90. The minimum atomic E-state index is -0.231. The maximum absolute atomic E-state index is 8.95. The molecule has 0 saturated carbocycles. The van der Waals surface area contributed by atoms with Crippen molar-refractivity contribution < 1.29 is 5.11 Å². The molecule has 50 valence electrons. The van der Waals surface area contributed by atoms with Crippen LogP contribution in [0.1, 0.15) is 13.8 Å². The number of hydrogen-bond acceptors (Lipinski definition) is 2. The summed E-state index contributed by atoms with van der Waals surface area (Å²) >= 11 is 0. The van der Waals surface area contributed by atoms with Gasteiger partial charge in [-0.05, 0) is 27.9 Å². The highest BCUT2D eigenvalue weighted by molar-refractivity contribution is 4.64. The molecule has 2 atom stereocenters. The Hall–Kier alpha value is -0.0800. The molecule has 0 aromatic rings. The number of aliphatic hydroxyl groups excluding tert-OH is 1. The molecule has 0 amide bonds. The fourth-order valence-corrected chi connectivity index (χ4v) is 0.431. The molecule has 0 rings (SSSR count). The van der Waals surface area contributed by atoms with Crippen LogP contribution in [0.25, 0.3) is 0 Å². The van der Waals surface area contributed by atoms with Crippen molar-refractivity contribution >= 4 is 0 Å². The Kier molecular flexibility index (Phi) is 3.02. The van der Waals surface area contributed by atoms with Crippen LogP contribution in [0.5, 0.6) is 0 Å². The second kappa shape index (κ2) is 3.05. The van der Waals surface area contributed by atoms with Crippen LogP contribution >= 0.6 is 0 Å². The highest BCUT2D eigenvalue weighted by Crippen LogP contribution is 1.96. The van der Waals surface area contributed by atoms with Crippen LogP contribution in [0.2, 0.25) is 0 Å². The van der Waals surface area contributed by atoms with E-state index in [0.29, 0.717) is 0 Å². The third-order valence-corrected chi connectivity index (χ3v) is 1.51. The number of hydrogen-bond donors (Lipinski definition) is 1. The standard InChI is InChI=1S/C6H15NO/c1-5(6(2)8)7(3)4/h5-6,8H,1-4H3/t5-,6-/m1/s1. The summed E-state index contributed by atoms with van der Waals surface area (Å²) in [6.45, 7) is 3.79. The maximum Gasteiger partial charge on any atom is 0.0664 e. The molecule has 2 heteroatoms. The lowest BCUT2D eigenvalue weighted by Gasteiger charge is -2.21. The minimum Gasteiger partial charge on any atom is -0.392 e. The van der Waals surface area contributed by atoms with Crippen molar-refractivity contribution in [2.24, 2.45) is 0 Å². The van der Waals surface area contributed by atoms with E-state index in [9.17, 15) is 0 Å². The van der Waals surface area contributed by atoms with Crippen LogP contribution < -0.4 is 0 Å². The van der Waals surface area contributed by atoms with E-state index >= 15 is 0 Å². The van der Waals surface area contributed by atoms with Crippen molar-refractivity contribution in [3.05, 3.63) is 0 Å². The van der Waals surface area contributed by atoms with Crippen molar-refractivity contribution in [1.82, 2.24) is 4.90 Å². The molecule has 0 aromatic carbocycles. The van der Waals surface area contributed by atoms with Gasteiger partial charge in [0.1, 0.15) is 0 Å². The highest BCUT2D eigenvalue weighted by Gasteiger charge is 2.08. The van der Waals surface area contributed by atoms with E-state index in [1.807, 2.05) is 25.9 Å². The predicted molar refractivity (Wildman–Crippen MR) is 34.8 cm³/mol. The molecule has 0 aliphatic rings. The summed E-state index contributed by atoms with van der Waals surface area (Å²) in [5, 5.41) is 8.95. The van der Waals surface area contributed by atoms with E-state index in [1.165, 1.54) is 0 Å². The number of aliphatic hydroxyl groups is 1. The van der Waals surface area contributed by atoms with Crippen LogP contribution in [0, 0.1) is 0 Å². The zero-order chi connectivity index (χ0) is 6.73. The maximum atomic E-state index is 8.95. The number of rotatable bonds is 2. The summed E-state index contributed by atoms with van der Waals surface area (Å²) in [7, 11) is 3.91. The summed E-state index contributed by atoms with van der Waals surface area (Å²) in [4.78, 5) is 1.99. The van der Waals surface area contributed by atoms with Gasteiger partial charge < -0.3 is 10.0 Å². The molecule has 0 saturated heterocycles. The SMILES string of the molecule is C[C@H]([C@@H](C)O)N(C)C. The summed E-state index contributed by atoms with van der Waals surface area (Å²) in [6, 6.07) is 0.259. The van der Waals surface area contributed by atoms with E-state index in [2.05, 4.69) is 0 Å². The third-order valence-electron chi connectivity index (χ3n) is 1.51. The molecule has 0 aliphatic carbocycles. The van der Waals surface area contributed by atoms with Gasteiger partial charge in [0, 0.05) is 6.04 Å². The Bertz CT molecular complexity index is 53.5. The molecule has 2 nitrogen and oxygen atoms in total. The Labute approximate surface area is 51.1 Å². The van der Waals surface area contributed by atoms with Crippen molar-refractivity contribution in [1.29, 1.82) is 0 Å². The largest absolute Gasteiger partial charge is 0.392 e. The minimum absolute atomic E-state index is 0.231. The molecule has 0 bridgehead atoms. The van der Waals surface area contributed by atoms with Gasteiger partial charge in [-0.1, -0.05) is 0 Å². The van der Waals surface area contributed by atoms with Gasteiger partial charge in [0.05, 0.1) is 6.10 Å². The average Bonchev–Trinajstić information content (AvgIpc) is 1.64. The molecule has 0 fully saturated rings. The molecular weight excluding hydrogens is 102 g/mol. The van der Waals surface area contributed by atoms with Gasteiger partial charge in [-0.2, -0.15) is 0 Å². The highest BCUT2D eigenvalue weighted by atomic mass is 16.3. The molecule has 0 unspecified atom stereocenters. The second-order valence-electron chi connectivity index (χ2n) is 2.44. The Morgan fingerprint density at radius 3 is 1.62 bits per heavy atom. The lowest BCUT2D eigenvalue weighted by molar-refractivity contribution is 0.101. The Morgan fingerprint density at radius 1 is 1.25 bits per heavy atom. The first-order valence-electron chi connectivity index (χ1n) is 2.90. The van der Waals surface area contributed by atoms with Crippen LogP contribution in [0.4, 0.5) is 0 Å². The Balaban J connectivity index is 3.46. The first-order chi connectivity index (χ1) is 3.55. The van der Waals surface area contributed by atoms with E-state index in [0.717, 1.165) is 0 Å². The van der Waals surface area contributed by atoms with Gasteiger partial charge in [0.15, 0.2) is 0 Å². The summed E-state index contributed by atoms with van der Waals surface area (Å²) in [6.07, 6.45) is -0.231. The molecule has 0 aromatic heterocycles. The second-order valence-corrected chi connectivity index (χ2v) is 2.44. The smallest absolute Gasteiger partial charge is 0.0664 e. The molecule has 0 spiro atoms. The van der Waals surface area contributed by atoms with Crippen molar-refractivity contribution in [2.45, 2.75) is 26.0 Å². The number of nitrogens with zero attached hydrogens (tertiary/aromatic N) is 1.